The molecule has 0 saturated heterocycles. The van der Waals surface area contributed by atoms with Gasteiger partial charge in [0.2, 0.25) is 11.6 Å². The van der Waals surface area contributed by atoms with Gasteiger partial charge in [-0.05, 0) is 49.6 Å². The van der Waals surface area contributed by atoms with Gasteiger partial charge in [-0.1, -0.05) is 41.2 Å². The lowest BCUT2D eigenvalue weighted by Gasteiger charge is -2.25. The molecule has 3 aromatic carbocycles. The quantitative estimate of drug-likeness (QED) is 0.251. The first-order chi connectivity index (χ1) is 18.9. The first-order valence-electron chi connectivity index (χ1n) is 12.5. The van der Waals surface area contributed by atoms with Crippen molar-refractivity contribution in [2.24, 2.45) is 10.9 Å². The number of halogens is 1. The highest BCUT2D eigenvalue weighted by Crippen LogP contribution is 2.35. The predicted molar refractivity (Wildman–Crippen MR) is 148 cm³/mol. The molecule has 39 heavy (non-hydrogen) atoms. The number of aliphatic imine (C=N–C) groups is 1. The number of benzene rings is 3. The van der Waals surface area contributed by atoms with Gasteiger partial charge < -0.3 is 20.8 Å². The molecule has 4 aromatic rings. The Balaban J connectivity index is 1.18. The molecule has 1 aliphatic carbocycles. The van der Waals surface area contributed by atoms with Crippen LogP contribution in [0.25, 0.3) is 10.2 Å². The molecule has 1 fully saturated rings. The third-order valence-corrected chi connectivity index (χ3v) is 7.44. The Labute approximate surface area is 227 Å². The van der Waals surface area contributed by atoms with E-state index in [1.165, 1.54) is 35.9 Å². The molecule has 2 aliphatic rings. The molecule has 4 N–H and O–H groups in total. The summed E-state index contributed by atoms with van der Waals surface area (Å²) >= 11 is 1.36. The largest absolute Gasteiger partial charge is 0.457 e. The Bertz CT molecular complexity index is 1620. The van der Waals surface area contributed by atoms with Gasteiger partial charge in [0.25, 0.3) is 5.91 Å². The van der Waals surface area contributed by atoms with E-state index in [2.05, 4.69) is 31.5 Å². The Kier molecular flexibility index (Phi) is 6.45. The zero-order valence-electron chi connectivity index (χ0n) is 21.0. The highest BCUT2D eigenvalue weighted by Gasteiger charge is 2.40. The van der Waals surface area contributed by atoms with Crippen LogP contribution in [0.15, 0.2) is 65.7 Å². The molecular weight excluding hydrogens is 519 g/mol. The van der Waals surface area contributed by atoms with Gasteiger partial charge in [-0.25, -0.2) is 19.8 Å². The van der Waals surface area contributed by atoms with Crippen molar-refractivity contribution in [2.45, 2.75) is 31.8 Å². The normalized spacial score (nSPS) is 18.1. The summed E-state index contributed by atoms with van der Waals surface area (Å²) in [5.74, 6) is -0.183. The maximum Gasteiger partial charge on any atom is 0.269 e. The van der Waals surface area contributed by atoms with Crippen molar-refractivity contribution in [3.05, 3.63) is 77.6 Å². The molecule has 1 aliphatic heterocycles. The monoisotopic (exact) mass is 544 g/mol. The molecule has 1 aromatic heterocycles. The van der Waals surface area contributed by atoms with Crippen LogP contribution >= 0.6 is 11.3 Å². The lowest BCUT2D eigenvalue weighted by atomic mass is 9.98. The predicted octanol–water partition coefficient (Wildman–Crippen LogP) is 4.90. The van der Waals surface area contributed by atoms with Crippen LogP contribution in [0.5, 0.6) is 11.5 Å². The molecule has 2 amide bonds. The van der Waals surface area contributed by atoms with E-state index < -0.39 is 17.4 Å². The number of ether oxygens (including phenoxy) is 1. The van der Waals surface area contributed by atoms with E-state index in [1.54, 1.807) is 18.2 Å². The van der Waals surface area contributed by atoms with E-state index in [0.29, 0.717) is 16.6 Å². The Morgan fingerprint density at radius 3 is 2.69 bits per heavy atom. The van der Waals surface area contributed by atoms with Gasteiger partial charge in [0.15, 0.2) is 5.13 Å². The number of hydrogen-bond donors (Lipinski definition) is 4. The topological polar surface area (TPSA) is 117 Å². The van der Waals surface area contributed by atoms with E-state index in [1.807, 2.05) is 31.2 Å². The SMILES string of the molecule is Cc1cccc(CC2(C(=O)Nc3cc(Oc4ccc5nc(NC(=O)C6CC6)sc5c4)ccc3F)N=CNN2)c1. The minimum absolute atomic E-state index is 0.00126. The van der Waals surface area contributed by atoms with Crippen molar-refractivity contribution in [2.75, 3.05) is 10.6 Å². The number of rotatable bonds is 8. The fraction of sp³-hybridized carbons (Fsp3) is 0.214. The second kappa shape index (κ2) is 10.1. The maximum absolute atomic E-state index is 14.8. The van der Waals surface area contributed by atoms with Crippen molar-refractivity contribution in [1.82, 2.24) is 15.8 Å². The number of hydrazine groups is 1. The average Bonchev–Trinajstić information content (AvgIpc) is 3.53. The van der Waals surface area contributed by atoms with Crippen LogP contribution in [-0.2, 0) is 16.0 Å². The number of nitrogens with one attached hydrogen (secondary N) is 4. The van der Waals surface area contributed by atoms with E-state index in [0.717, 1.165) is 34.2 Å². The minimum atomic E-state index is -1.35. The van der Waals surface area contributed by atoms with Crippen molar-refractivity contribution in [1.29, 1.82) is 0 Å². The number of anilines is 2. The standard InChI is InChI=1S/C28H25FN6O3S/c1-16-3-2-4-17(11-16)14-28(30-15-31-35-28)26(37)32-23-12-19(7-9-21(23)29)38-20-8-10-22-24(13-20)39-27(33-22)34-25(36)18-5-6-18/h2-4,7-13,15,18,35H,5-6,14H2,1H3,(H,30,31)(H,32,37)(H,33,34,36). The smallest absolute Gasteiger partial charge is 0.269 e. The molecule has 1 unspecified atom stereocenters. The molecule has 198 valence electrons. The summed E-state index contributed by atoms with van der Waals surface area (Å²) in [5.41, 5.74) is 6.99. The van der Waals surface area contributed by atoms with E-state index in [-0.39, 0.29) is 23.9 Å². The van der Waals surface area contributed by atoms with Crippen LogP contribution in [0.1, 0.15) is 24.0 Å². The lowest BCUT2D eigenvalue weighted by Crippen LogP contribution is -2.55. The molecule has 11 heteroatoms. The zero-order chi connectivity index (χ0) is 27.0. The van der Waals surface area contributed by atoms with Crippen LogP contribution < -0.4 is 26.2 Å². The molecule has 0 bridgehead atoms. The number of thiazole rings is 1. The van der Waals surface area contributed by atoms with Crippen LogP contribution in [0.2, 0.25) is 0 Å². The molecule has 0 spiro atoms. The number of aryl methyl sites for hydroxylation is 1. The van der Waals surface area contributed by atoms with Gasteiger partial charge in [0.05, 0.1) is 22.2 Å². The Morgan fingerprint density at radius 1 is 1.10 bits per heavy atom. The molecular formula is C28H25FN6O3S. The first-order valence-corrected chi connectivity index (χ1v) is 13.3. The van der Waals surface area contributed by atoms with Crippen molar-refractivity contribution < 1.29 is 18.7 Å². The van der Waals surface area contributed by atoms with Crippen molar-refractivity contribution >= 4 is 50.5 Å². The number of amides is 2. The third-order valence-electron chi connectivity index (χ3n) is 6.51. The Hall–Kier alpha value is -4.35. The van der Waals surface area contributed by atoms with Gasteiger partial charge in [-0.2, -0.15) is 0 Å². The fourth-order valence-corrected chi connectivity index (χ4v) is 5.23. The van der Waals surface area contributed by atoms with E-state index in [4.69, 9.17) is 4.74 Å². The van der Waals surface area contributed by atoms with Crippen LogP contribution in [0, 0.1) is 18.7 Å². The van der Waals surface area contributed by atoms with Crippen molar-refractivity contribution in [3.8, 4) is 11.5 Å². The molecule has 1 atom stereocenters. The lowest BCUT2D eigenvalue weighted by molar-refractivity contribution is -0.122. The second-order valence-corrected chi connectivity index (χ2v) is 10.7. The highest BCUT2D eigenvalue weighted by molar-refractivity contribution is 7.22. The molecule has 9 nitrogen and oxygen atoms in total. The molecule has 2 heterocycles. The van der Waals surface area contributed by atoms with Crippen LogP contribution in [0.3, 0.4) is 0 Å². The third kappa shape index (κ3) is 5.45. The van der Waals surface area contributed by atoms with Gasteiger partial charge in [-0.3, -0.25) is 9.59 Å². The Morgan fingerprint density at radius 2 is 1.92 bits per heavy atom. The molecule has 0 radical (unpaired) electrons. The summed E-state index contributed by atoms with van der Waals surface area (Å²) < 4.78 is 21.6. The van der Waals surface area contributed by atoms with E-state index in [9.17, 15) is 14.0 Å². The summed E-state index contributed by atoms with van der Waals surface area (Å²) in [5, 5.41) is 6.07. The maximum atomic E-state index is 14.8. The van der Waals surface area contributed by atoms with E-state index >= 15 is 0 Å². The summed E-state index contributed by atoms with van der Waals surface area (Å²) in [6.45, 7) is 1.97. The van der Waals surface area contributed by atoms with Gasteiger partial charge in [0.1, 0.15) is 17.3 Å². The summed E-state index contributed by atoms with van der Waals surface area (Å²) in [6, 6.07) is 17.3. The number of hydrogen-bond acceptors (Lipinski definition) is 8. The first kappa shape index (κ1) is 25.0. The van der Waals surface area contributed by atoms with Crippen LogP contribution in [-0.4, -0.2) is 28.8 Å². The van der Waals surface area contributed by atoms with Gasteiger partial charge >= 0.3 is 0 Å². The number of carbonyl (C=O) groups is 2. The summed E-state index contributed by atoms with van der Waals surface area (Å²) in [4.78, 5) is 34.2. The van der Waals surface area contributed by atoms with Gasteiger partial charge in [0, 0.05) is 24.5 Å². The number of aromatic nitrogens is 1. The average molecular weight is 545 g/mol. The van der Waals surface area contributed by atoms with Crippen LogP contribution in [0.4, 0.5) is 15.2 Å². The number of carbonyl (C=O) groups excluding carboxylic acids is 2. The summed E-state index contributed by atoms with van der Waals surface area (Å²) in [7, 11) is 0. The highest BCUT2D eigenvalue weighted by atomic mass is 32.1. The zero-order valence-corrected chi connectivity index (χ0v) is 21.8. The number of nitrogens with zero attached hydrogens (tertiary/aromatic N) is 2. The molecule has 6 rings (SSSR count). The fourth-order valence-electron chi connectivity index (χ4n) is 4.33. The minimum Gasteiger partial charge on any atom is -0.457 e. The number of fused-ring (bicyclic) bond motifs is 1. The summed E-state index contributed by atoms with van der Waals surface area (Å²) in [6.07, 6.45) is 3.51. The van der Waals surface area contributed by atoms with Crippen molar-refractivity contribution in [3.63, 3.8) is 0 Å². The van der Waals surface area contributed by atoms with Gasteiger partial charge in [-0.15, -0.1) is 0 Å². The molecule has 1 saturated carbocycles. The second-order valence-electron chi connectivity index (χ2n) is 9.66.